The van der Waals surface area contributed by atoms with Crippen molar-refractivity contribution >= 4 is 33.2 Å². The van der Waals surface area contributed by atoms with Crippen LogP contribution in [0.4, 0.5) is 11.6 Å². The average Bonchev–Trinajstić information content (AvgIpc) is 3.06. The maximum atomic E-state index is 4.61. The van der Waals surface area contributed by atoms with Crippen molar-refractivity contribution in [1.29, 1.82) is 0 Å². The van der Waals surface area contributed by atoms with Gasteiger partial charge in [-0.05, 0) is 18.6 Å². The van der Waals surface area contributed by atoms with Gasteiger partial charge in [-0.15, -0.1) is 11.3 Å². The second kappa shape index (κ2) is 8.87. The van der Waals surface area contributed by atoms with Gasteiger partial charge in [0.1, 0.15) is 37.3 Å². The molecule has 134 valence electrons. The van der Waals surface area contributed by atoms with Crippen molar-refractivity contribution in [3.8, 4) is 0 Å². The first-order chi connectivity index (χ1) is 11.3. The number of nitrogens with one attached hydrogen (secondary N) is 2. The third-order valence-corrected chi connectivity index (χ3v) is 5.74. The fraction of sp³-hybridized carbons (Fsp3) is 0.353. The highest BCUT2D eigenvalue weighted by Crippen LogP contribution is 2.26. The van der Waals surface area contributed by atoms with Gasteiger partial charge in [0.15, 0.2) is 0 Å². The summed E-state index contributed by atoms with van der Waals surface area (Å²) < 4.78 is 0. The van der Waals surface area contributed by atoms with Crippen molar-refractivity contribution in [2.24, 2.45) is 0 Å². The third-order valence-electron chi connectivity index (χ3n) is 4.55. The van der Waals surface area contributed by atoms with Crippen LogP contribution in [0.1, 0.15) is 11.8 Å². The zero-order valence-electron chi connectivity index (χ0n) is 14.0. The first-order valence-electron chi connectivity index (χ1n) is 8.19. The van der Waals surface area contributed by atoms with Crippen molar-refractivity contribution in [1.82, 2.24) is 15.0 Å². The van der Waals surface area contributed by atoms with Crippen molar-refractivity contribution in [3.63, 3.8) is 0 Å². The molecule has 0 saturated carbocycles. The highest BCUT2D eigenvalue weighted by molar-refractivity contribution is 7.18. The Bertz CT molecular complexity index is 803. The number of nitrogens with zero attached hydrogens (tertiary/aromatic N) is 3. The predicted octanol–water partition coefficient (Wildman–Crippen LogP) is -5.60. The fourth-order valence-electron chi connectivity index (χ4n) is 3.28. The smallest absolute Gasteiger partial charge is 0.238 e. The highest BCUT2D eigenvalue weighted by Gasteiger charge is 2.29. The Labute approximate surface area is 163 Å². The molecule has 2 N–H and O–H groups in total. The van der Waals surface area contributed by atoms with E-state index in [0.717, 1.165) is 43.2 Å². The third kappa shape index (κ3) is 4.10. The van der Waals surface area contributed by atoms with Crippen LogP contribution in [-0.4, -0.2) is 41.1 Å². The van der Waals surface area contributed by atoms with Crippen LogP contribution in [0.15, 0.2) is 36.8 Å². The lowest BCUT2D eigenvalue weighted by molar-refractivity contribution is -0.953. The molecule has 3 aromatic rings. The molecule has 1 fully saturated rings. The maximum Gasteiger partial charge on any atom is 0.238 e. The summed E-state index contributed by atoms with van der Waals surface area (Å²) in [5.41, 5.74) is 0. The van der Waals surface area contributed by atoms with Gasteiger partial charge in [-0.3, -0.25) is 9.80 Å². The molecule has 4 heterocycles. The van der Waals surface area contributed by atoms with E-state index >= 15 is 0 Å². The lowest BCUT2D eigenvalue weighted by atomic mass is 10.2. The molecular weight excluding hydrogens is 377 g/mol. The van der Waals surface area contributed by atoms with Crippen LogP contribution in [0.2, 0.25) is 0 Å². The molecule has 0 bridgehead atoms. The zero-order valence-corrected chi connectivity index (χ0v) is 16.3. The van der Waals surface area contributed by atoms with Crippen LogP contribution in [0.5, 0.6) is 0 Å². The van der Waals surface area contributed by atoms with Gasteiger partial charge >= 0.3 is 0 Å². The number of quaternary nitrogens is 2. The molecule has 3 aromatic heterocycles. The number of halogens is 2. The van der Waals surface area contributed by atoms with E-state index in [-0.39, 0.29) is 24.8 Å². The van der Waals surface area contributed by atoms with Crippen LogP contribution in [0, 0.1) is 0 Å². The fourth-order valence-corrected chi connectivity index (χ4v) is 4.21. The monoisotopic (exact) mass is 397 g/mol. The van der Waals surface area contributed by atoms with Crippen molar-refractivity contribution in [3.05, 3.63) is 41.7 Å². The first kappa shape index (κ1) is 20.0. The maximum absolute atomic E-state index is 4.61. The van der Waals surface area contributed by atoms with Gasteiger partial charge in [0.25, 0.3) is 0 Å². The lowest BCUT2D eigenvalue weighted by Gasteiger charge is -2.27. The summed E-state index contributed by atoms with van der Waals surface area (Å²) in [5.74, 6) is 2.33. The van der Waals surface area contributed by atoms with E-state index in [1.807, 2.05) is 12.3 Å². The Kier molecular flexibility index (Phi) is 7.10. The van der Waals surface area contributed by atoms with Gasteiger partial charge in [0, 0.05) is 17.1 Å². The number of piperazine rings is 1. The summed E-state index contributed by atoms with van der Waals surface area (Å²) in [6.45, 7) is 6.52. The second-order valence-corrected chi connectivity index (χ2v) is 7.04. The number of hydrogen-bond acceptors (Lipinski definition) is 4. The number of aryl methyl sites for hydroxylation is 1. The normalized spacial score (nSPS) is 19.9. The SMILES string of the molecule is CCc1cc2c([NH+]3CC[NH+](c4ccccn4)CC3)ncnc2s1.[Cl-].[Cl-]. The van der Waals surface area contributed by atoms with Crippen molar-refractivity contribution in [2.75, 3.05) is 26.2 Å². The Morgan fingerprint density at radius 3 is 2.44 bits per heavy atom. The number of rotatable bonds is 3. The van der Waals surface area contributed by atoms with Crippen LogP contribution >= 0.6 is 11.3 Å². The van der Waals surface area contributed by atoms with E-state index in [9.17, 15) is 0 Å². The molecule has 0 aromatic carbocycles. The van der Waals surface area contributed by atoms with E-state index in [0.29, 0.717) is 0 Å². The van der Waals surface area contributed by atoms with E-state index in [1.54, 1.807) is 17.7 Å². The predicted molar refractivity (Wildman–Crippen MR) is 91.7 cm³/mol. The van der Waals surface area contributed by atoms with E-state index < -0.39 is 0 Å². The average molecular weight is 398 g/mol. The molecule has 1 aliphatic heterocycles. The Hall–Kier alpha value is -1.31. The minimum Gasteiger partial charge on any atom is -1.00 e. The second-order valence-electron chi connectivity index (χ2n) is 5.93. The molecule has 1 saturated heterocycles. The van der Waals surface area contributed by atoms with Gasteiger partial charge in [0.05, 0.1) is 5.39 Å². The minimum atomic E-state index is 0. The Morgan fingerprint density at radius 1 is 1.00 bits per heavy atom. The zero-order chi connectivity index (χ0) is 15.6. The number of aromatic nitrogens is 3. The van der Waals surface area contributed by atoms with E-state index in [2.05, 4.69) is 40.1 Å². The van der Waals surface area contributed by atoms with Gasteiger partial charge in [-0.1, -0.05) is 13.0 Å². The van der Waals surface area contributed by atoms with Crippen LogP contribution in [0.25, 0.3) is 10.2 Å². The first-order valence-corrected chi connectivity index (χ1v) is 9.01. The summed E-state index contributed by atoms with van der Waals surface area (Å²) in [7, 11) is 0. The van der Waals surface area contributed by atoms with Gasteiger partial charge < -0.3 is 24.8 Å². The molecule has 0 atom stereocenters. The standard InChI is InChI=1S/C17H19N5S.2ClH/c1-2-13-11-14-16(19-12-20-17(14)23-13)22-9-7-21(8-10-22)15-5-3-4-6-18-15;;/h3-6,11-12H,2,7-10H2,1H3;2*1H. The van der Waals surface area contributed by atoms with Crippen LogP contribution < -0.4 is 34.6 Å². The van der Waals surface area contributed by atoms with Gasteiger partial charge in [-0.2, -0.15) is 4.98 Å². The topological polar surface area (TPSA) is 47.6 Å². The molecule has 5 nitrogen and oxygen atoms in total. The van der Waals surface area contributed by atoms with E-state index in [1.165, 1.54) is 25.9 Å². The van der Waals surface area contributed by atoms with Gasteiger partial charge in [0.2, 0.25) is 11.6 Å². The Balaban J connectivity index is 0.00000113. The molecule has 25 heavy (non-hydrogen) atoms. The van der Waals surface area contributed by atoms with Gasteiger partial charge in [-0.25, -0.2) is 9.97 Å². The van der Waals surface area contributed by atoms with Crippen LogP contribution in [-0.2, 0) is 6.42 Å². The number of hydrogen-bond donors (Lipinski definition) is 2. The summed E-state index contributed by atoms with van der Waals surface area (Å²) in [6.07, 6.45) is 4.67. The molecule has 0 unspecified atom stereocenters. The largest absolute Gasteiger partial charge is 1.00 e. The molecular formula is C17H21Cl2N5S. The molecule has 1 aliphatic rings. The number of fused-ring (bicyclic) bond motifs is 1. The number of pyridine rings is 1. The molecule has 0 amide bonds. The van der Waals surface area contributed by atoms with Crippen molar-refractivity contribution < 1.29 is 34.6 Å². The molecule has 0 radical (unpaired) electrons. The minimum absolute atomic E-state index is 0. The molecule has 0 aliphatic carbocycles. The lowest BCUT2D eigenvalue weighted by Crippen LogP contribution is -3.24. The molecule has 8 heteroatoms. The van der Waals surface area contributed by atoms with Crippen molar-refractivity contribution in [2.45, 2.75) is 13.3 Å². The quantitative estimate of drug-likeness (QED) is 0.463. The highest BCUT2D eigenvalue weighted by atomic mass is 35.5. The van der Waals surface area contributed by atoms with E-state index in [4.69, 9.17) is 0 Å². The number of thiophene rings is 1. The molecule has 0 spiro atoms. The summed E-state index contributed by atoms with van der Waals surface area (Å²) in [4.78, 5) is 19.0. The van der Waals surface area contributed by atoms with Crippen LogP contribution in [0.3, 0.4) is 0 Å². The summed E-state index contributed by atoms with van der Waals surface area (Å²) >= 11 is 1.79. The summed E-state index contributed by atoms with van der Waals surface area (Å²) in [6, 6.07) is 8.44. The Morgan fingerprint density at radius 2 is 1.76 bits per heavy atom. The summed E-state index contributed by atoms with van der Waals surface area (Å²) in [5, 5.41) is 1.24. The molecule has 4 rings (SSSR count).